The molecular formula is C18H18BrN3O3S. The molecule has 0 aromatic heterocycles. The summed E-state index contributed by atoms with van der Waals surface area (Å²) in [6, 6.07) is 13.9. The van der Waals surface area contributed by atoms with Crippen molar-refractivity contribution in [2.24, 2.45) is 0 Å². The van der Waals surface area contributed by atoms with E-state index in [0.29, 0.717) is 30.0 Å². The van der Waals surface area contributed by atoms with E-state index < -0.39 is 0 Å². The number of ether oxygens (including phenoxy) is 1. The van der Waals surface area contributed by atoms with Crippen LogP contribution < -0.4 is 16.0 Å². The number of hydrogen-bond donors (Lipinski definition) is 3. The molecule has 2 amide bonds. The molecule has 0 spiro atoms. The Labute approximate surface area is 165 Å². The minimum Gasteiger partial charge on any atom is -0.383 e. The van der Waals surface area contributed by atoms with Crippen molar-refractivity contribution >= 4 is 50.8 Å². The second-order valence-corrected chi connectivity index (χ2v) is 6.54. The van der Waals surface area contributed by atoms with E-state index in [0.717, 1.165) is 4.47 Å². The van der Waals surface area contributed by atoms with Gasteiger partial charge in [-0.15, -0.1) is 0 Å². The average Bonchev–Trinajstić information content (AvgIpc) is 2.62. The van der Waals surface area contributed by atoms with Crippen LogP contribution in [-0.2, 0) is 4.74 Å². The summed E-state index contributed by atoms with van der Waals surface area (Å²) in [5.74, 6) is -0.600. The summed E-state index contributed by atoms with van der Waals surface area (Å²) in [5.41, 5.74) is 1.39. The van der Waals surface area contributed by atoms with Gasteiger partial charge in [-0.2, -0.15) is 0 Å². The highest BCUT2D eigenvalue weighted by molar-refractivity contribution is 9.10. The number of nitrogens with one attached hydrogen (secondary N) is 3. The Morgan fingerprint density at radius 2 is 1.88 bits per heavy atom. The first kappa shape index (κ1) is 20.0. The number of halogens is 1. The van der Waals surface area contributed by atoms with Crippen LogP contribution in [0.1, 0.15) is 20.7 Å². The second-order valence-electron chi connectivity index (χ2n) is 5.21. The normalized spacial score (nSPS) is 10.1. The molecule has 0 saturated heterocycles. The first-order chi connectivity index (χ1) is 12.5. The van der Waals surface area contributed by atoms with Crippen molar-refractivity contribution < 1.29 is 14.3 Å². The Morgan fingerprint density at radius 3 is 2.62 bits per heavy atom. The van der Waals surface area contributed by atoms with Crippen LogP contribution in [0.4, 0.5) is 5.69 Å². The maximum atomic E-state index is 12.3. The van der Waals surface area contributed by atoms with Gasteiger partial charge >= 0.3 is 0 Å². The van der Waals surface area contributed by atoms with Gasteiger partial charge in [-0.1, -0.05) is 34.1 Å². The Hall–Kier alpha value is -2.29. The lowest BCUT2D eigenvalue weighted by molar-refractivity contribution is 0.0937. The monoisotopic (exact) mass is 435 g/mol. The molecule has 0 aliphatic heterocycles. The largest absolute Gasteiger partial charge is 0.383 e. The molecule has 2 aromatic carbocycles. The van der Waals surface area contributed by atoms with Gasteiger partial charge in [-0.05, 0) is 42.5 Å². The number of rotatable bonds is 6. The maximum Gasteiger partial charge on any atom is 0.257 e. The summed E-state index contributed by atoms with van der Waals surface area (Å²) < 4.78 is 5.71. The molecule has 0 aliphatic rings. The molecule has 0 aliphatic carbocycles. The second kappa shape index (κ2) is 10.0. The third kappa shape index (κ3) is 5.91. The van der Waals surface area contributed by atoms with Gasteiger partial charge in [0.1, 0.15) is 0 Å². The van der Waals surface area contributed by atoms with Crippen LogP contribution in [0.2, 0.25) is 0 Å². The van der Waals surface area contributed by atoms with Crippen LogP contribution in [0.3, 0.4) is 0 Å². The fraction of sp³-hybridized carbons (Fsp3) is 0.167. The number of para-hydroxylation sites is 1. The van der Waals surface area contributed by atoms with E-state index in [-0.39, 0.29) is 16.9 Å². The topological polar surface area (TPSA) is 79.5 Å². The lowest BCUT2D eigenvalue weighted by Crippen LogP contribution is -2.35. The molecule has 26 heavy (non-hydrogen) atoms. The summed E-state index contributed by atoms with van der Waals surface area (Å²) >= 11 is 8.51. The van der Waals surface area contributed by atoms with Crippen LogP contribution in [0.15, 0.2) is 53.0 Å². The Balaban J connectivity index is 2.02. The summed E-state index contributed by atoms with van der Waals surface area (Å²) in [6.07, 6.45) is 0. The fourth-order valence-electron chi connectivity index (χ4n) is 2.11. The predicted octanol–water partition coefficient (Wildman–Crippen LogP) is 2.95. The lowest BCUT2D eigenvalue weighted by Gasteiger charge is -2.13. The van der Waals surface area contributed by atoms with Gasteiger partial charge in [-0.3, -0.25) is 14.9 Å². The van der Waals surface area contributed by atoms with Crippen molar-refractivity contribution in [1.82, 2.24) is 10.6 Å². The number of carbonyl (C=O) groups is 2. The molecule has 2 aromatic rings. The number of benzene rings is 2. The molecule has 0 bridgehead atoms. The average molecular weight is 436 g/mol. The third-order valence-electron chi connectivity index (χ3n) is 3.33. The number of thiocarbonyl (C=S) groups is 1. The quantitative estimate of drug-likeness (QED) is 0.480. The van der Waals surface area contributed by atoms with Crippen molar-refractivity contribution in [2.75, 3.05) is 25.6 Å². The van der Waals surface area contributed by atoms with Gasteiger partial charge in [0.15, 0.2) is 5.11 Å². The molecule has 6 nitrogen and oxygen atoms in total. The zero-order chi connectivity index (χ0) is 18.9. The van der Waals surface area contributed by atoms with E-state index in [1.807, 2.05) is 6.07 Å². The first-order valence-corrected chi connectivity index (χ1v) is 8.95. The van der Waals surface area contributed by atoms with Crippen LogP contribution in [0.25, 0.3) is 0 Å². The molecule has 8 heteroatoms. The Bertz CT molecular complexity index is 814. The molecule has 0 fully saturated rings. The van der Waals surface area contributed by atoms with Crippen LogP contribution in [-0.4, -0.2) is 37.2 Å². The molecule has 0 heterocycles. The van der Waals surface area contributed by atoms with Crippen molar-refractivity contribution in [3.8, 4) is 0 Å². The number of hydrogen-bond acceptors (Lipinski definition) is 4. The Kier molecular flexibility index (Phi) is 7.71. The summed E-state index contributed by atoms with van der Waals surface area (Å²) in [4.78, 5) is 24.5. The third-order valence-corrected chi connectivity index (χ3v) is 4.02. The van der Waals surface area contributed by atoms with Crippen molar-refractivity contribution in [1.29, 1.82) is 0 Å². The van der Waals surface area contributed by atoms with Gasteiger partial charge in [0, 0.05) is 23.7 Å². The molecular weight excluding hydrogens is 418 g/mol. The molecule has 0 saturated carbocycles. The molecule has 0 atom stereocenters. The maximum absolute atomic E-state index is 12.3. The minimum atomic E-state index is -0.342. The van der Waals surface area contributed by atoms with Crippen LogP contribution in [0, 0.1) is 0 Å². The lowest BCUT2D eigenvalue weighted by atomic mass is 10.1. The van der Waals surface area contributed by atoms with Crippen LogP contribution in [0.5, 0.6) is 0 Å². The molecule has 3 N–H and O–H groups in total. The molecule has 136 valence electrons. The number of methoxy groups -OCH3 is 1. The molecule has 0 unspecified atom stereocenters. The van der Waals surface area contributed by atoms with E-state index in [1.165, 1.54) is 0 Å². The standard InChI is InChI=1S/C18H18BrN3O3S/c1-25-10-9-20-17(24)14-7-2-3-8-15(14)21-18(26)22-16(23)12-5-4-6-13(19)11-12/h2-8,11H,9-10H2,1H3,(H,20,24)(H2,21,22,23,26). The van der Waals surface area contributed by atoms with E-state index in [4.69, 9.17) is 17.0 Å². The van der Waals surface area contributed by atoms with Gasteiger partial charge in [-0.25, -0.2) is 0 Å². The number of anilines is 1. The fourth-order valence-corrected chi connectivity index (χ4v) is 2.71. The van der Waals surface area contributed by atoms with Gasteiger partial charge in [0.25, 0.3) is 11.8 Å². The SMILES string of the molecule is COCCNC(=O)c1ccccc1NC(=S)NC(=O)c1cccc(Br)c1. The van der Waals surface area contributed by atoms with Crippen molar-refractivity contribution in [3.05, 3.63) is 64.1 Å². The van der Waals surface area contributed by atoms with E-state index in [1.54, 1.807) is 49.6 Å². The highest BCUT2D eigenvalue weighted by Crippen LogP contribution is 2.15. The van der Waals surface area contributed by atoms with E-state index >= 15 is 0 Å². The highest BCUT2D eigenvalue weighted by atomic mass is 79.9. The predicted molar refractivity (Wildman–Crippen MR) is 108 cm³/mol. The summed E-state index contributed by atoms with van der Waals surface area (Å²) in [5, 5.41) is 8.34. The van der Waals surface area contributed by atoms with Gasteiger partial charge in [0.05, 0.1) is 17.9 Å². The highest BCUT2D eigenvalue weighted by Gasteiger charge is 2.13. The van der Waals surface area contributed by atoms with Crippen molar-refractivity contribution in [2.45, 2.75) is 0 Å². The van der Waals surface area contributed by atoms with Gasteiger partial charge < -0.3 is 15.4 Å². The first-order valence-electron chi connectivity index (χ1n) is 7.75. The number of amides is 2. The summed E-state index contributed by atoms with van der Waals surface area (Å²) in [6.45, 7) is 0.816. The molecule has 2 rings (SSSR count). The smallest absolute Gasteiger partial charge is 0.257 e. The minimum absolute atomic E-state index is 0.104. The Morgan fingerprint density at radius 1 is 1.12 bits per heavy atom. The van der Waals surface area contributed by atoms with Gasteiger partial charge in [0.2, 0.25) is 0 Å². The van der Waals surface area contributed by atoms with E-state index in [9.17, 15) is 9.59 Å². The summed E-state index contributed by atoms with van der Waals surface area (Å²) in [7, 11) is 1.56. The zero-order valence-corrected chi connectivity index (χ0v) is 16.4. The zero-order valence-electron chi connectivity index (χ0n) is 14.0. The van der Waals surface area contributed by atoms with Crippen molar-refractivity contribution in [3.63, 3.8) is 0 Å². The van der Waals surface area contributed by atoms with Crippen LogP contribution >= 0.6 is 28.1 Å². The molecule has 0 radical (unpaired) electrons. The van der Waals surface area contributed by atoms with E-state index in [2.05, 4.69) is 31.9 Å². The number of carbonyl (C=O) groups excluding carboxylic acids is 2.